The van der Waals surface area contributed by atoms with E-state index in [9.17, 15) is 0 Å². The van der Waals surface area contributed by atoms with E-state index in [4.69, 9.17) is 11.6 Å². The molecule has 0 atom stereocenters. The Balaban J connectivity index is 0.000000163. The second-order valence-electron chi connectivity index (χ2n) is 3.68. The van der Waals surface area contributed by atoms with E-state index in [1.165, 1.54) is 17.3 Å². The zero-order chi connectivity index (χ0) is 13.3. The Kier molecular flexibility index (Phi) is 5.02. The van der Waals surface area contributed by atoms with Crippen molar-refractivity contribution in [3.8, 4) is 11.1 Å². The molecule has 0 spiro atoms. The van der Waals surface area contributed by atoms with Crippen LogP contribution in [0.25, 0.3) is 11.1 Å². The predicted molar refractivity (Wildman–Crippen MR) is 76.7 cm³/mol. The van der Waals surface area contributed by atoms with Gasteiger partial charge in [0.2, 0.25) is 0 Å². The molecule has 0 saturated carbocycles. The molecule has 0 aliphatic rings. The quantitative estimate of drug-likeness (QED) is 0.673. The Hall–Kier alpha value is -2.26. The second-order valence-corrected chi connectivity index (χ2v) is 4.06. The molecule has 1 heterocycles. The molecule has 1 aromatic heterocycles. The van der Waals surface area contributed by atoms with Gasteiger partial charge in [0.1, 0.15) is 0 Å². The predicted octanol–water partition coefficient (Wildman–Crippen LogP) is 3.88. The minimum Gasteiger partial charge on any atom is -0.139 e. The Labute approximate surface area is 116 Å². The minimum absolute atomic E-state index is 0.370. The maximum absolute atomic E-state index is 5.33. The molecule has 3 aromatic rings. The van der Waals surface area contributed by atoms with E-state index >= 15 is 0 Å². The highest BCUT2D eigenvalue weighted by molar-refractivity contribution is 6.29. The van der Waals surface area contributed by atoms with Gasteiger partial charge in [0.25, 0.3) is 0 Å². The summed E-state index contributed by atoms with van der Waals surface area (Å²) >= 11 is 5.33. The van der Waals surface area contributed by atoms with E-state index in [0.29, 0.717) is 5.15 Å². The first-order chi connectivity index (χ1) is 9.36. The molecule has 0 aliphatic carbocycles. The third kappa shape index (κ3) is 4.48. The third-order valence-corrected chi connectivity index (χ3v) is 2.55. The Morgan fingerprint density at radius 3 is 1.53 bits per heavy atom. The molecule has 0 saturated heterocycles. The highest BCUT2D eigenvalue weighted by Crippen LogP contribution is 2.17. The lowest BCUT2D eigenvalue weighted by Gasteiger charge is -1.98. The summed E-state index contributed by atoms with van der Waals surface area (Å²) in [5.41, 5.74) is 2.55. The number of nitrogens with zero attached hydrogens (tertiary/aromatic N) is 3. The van der Waals surface area contributed by atoms with Crippen LogP contribution in [0, 0.1) is 0 Å². The molecule has 0 amide bonds. The van der Waals surface area contributed by atoms with Crippen molar-refractivity contribution in [2.75, 3.05) is 0 Å². The van der Waals surface area contributed by atoms with Gasteiger partial charge in [-0.2, -0.15) is 0 Å². The molecule has 0 N–H and O–H groups in total. The van der Waals surface area contributed by atoms with Crippen LogP contribution in [0.3, 0.4) is 0 Å². The fourth-order valence-corrected chi connectivity index (χ4v) is 1.58. The van der Waals surface area contributed by atoms with Crippen molar-refractivity contribution in [1.82, 2.24) is 15.4 Å². The minimum atomic E-state index is 0.370. The molecule has 0 aliphatic heterocycles. The van der Waals surface area contributed by atoms with Gasteiger partial charge in [0, 0.05) is 0 Å². The lowest BCUT2D eigenvalue weighted by molar-refractivity contribution is 0.865. The fraction of sp³-hybridized carbons (Fsp3) is 0. The monoisotopic (exact) mass is 269 g/mol. The second kappa shape index (κ2) is 7.24. The van der Waals surface area contributed by atoms with Crippen LogP contribution < -0.4 is 0 Å². The average molecular weight is 270 g/mol. The van der Waals surface area contributed by atoms with E-state index in [1.54, 1.807) is 6.07 Å². The maximum Gasteiger partial charge on any atom is 0.155 e. The molecule has 19 heavy (non-hydrogen) atoms. The van der Waals surface area contributed by atoms with Gasteiger partial charge in [-0.3, -0.25) is 0 Å². The topological polar surface area (TPSA) is 38.7 Å². The van der Waals surface area contributed by atoms with E-state index in [-0.39, 0.29) is 0 Å². The SMILES string of the molecule is Clc1ccnnn1.c1ccc(-c2ccccc2)cc1. The van der Waals surface area contributed by atoms with Gasteiger partial charge in [-0.05, 0) is 22.4 Å². The molecule has 0 bridgehead atoms. The summed E-state index contributed by atoms with van der Waals surface area (Å²) in [4.78, 5) is 0. The molecule has 94 valence electrons. The zero-order valence-electron chi connectivity index (χ0n) is 10.1. The molecule has 0 fully saturated rings. The van der Waals surface area contributed by atoms with Crippen LogP contribution in [-0.2, 0) is 0 Å². The zero-order valence-corrected chi connectivity index (χ0v) is 10.9. The van der Waals surface area contributed by atoms with Crippen molar-refractivity contribution >= 4 is 11.6 Å². The summed E-state index contributed by atoms with van der Waals surface area (Å²) in [6.45, 7) is 0. The van der Waals surface area contributed by atoms with Crippen LogP contribution in [0.4, 0.5) is 0 Å². The van der Waals surface area contributed by atoms with Gasteiger partial charge in [-0.1, -0.05) is 72.3 Å². The lowest BCUT2D eigenvalue weighted by Crippen LogP contribution is -1.81. The number of benzene rings is 2. The highest BCUT2D eigenvalue weighted by Gasteiger charge is 1.91. The average Bonchev–Trinajstić information content (AvgIpc) is 2.51. The van der Waals surface area contributed by atoms with Crippen molar-refractivity contribution < 1.29 is 0 Å². The number of hydrogen-bond donors (Lipinski definition) is 0. The Bertz CT molecular complexity index is 548. The highest BCUT2D eigenvalue weighted by atomic mass is 35.5. The normalized spacial score (nSPS) is 9.32. The maximum atomic E-state index is 5.33. The van der Waals surface area contributed by atoms with Gasteiger partial charge in [0.05, 0.1) is 6.20 Å². The fourth-order valence-electron chi connectivity index (χ4n) is 1.49. The smallest absolute Gasteiger partial charge is 0.139 e. The van der Waals surface area contributed by atoms with Crippen LogP contribution in [0.1, 0.15) is 0 Å². The van der Waals surface area contributed by atoms with E-state index in [0.717, 1.165) is 0 Å². The standard InChI is InChI=1S/C12H10.C3H2ClN3/c1-3-7-11(8-4-1)12-9-5-2-6-10-12;4-3-1-2-5-7-6-3/h1-10H;1-2H. The molecule has 0 radical (unpaired) electrons. The first-order valence-electron chi connectivity index (χ1n) is 5.76. The van der Waals surface area contributed by atoms with Crippen molar-refractivity contribution in [2.45, 2.75) is 0 Å². The van der Waals surface area contributed by atoms with Gasteiger partial charge in [-0.15, -0.1) is 10.2 Å². The summed E-state index contributed by atoms with van der Waals surface area (Å²) in [5, 5.41) is 10.4. The van der Waals surface area contributed by atoms with Crippen LogP contribution in [0.5, 0.6) is 0 Å². The van der Waals surface area contributed by atoms with Crippen LogP contribution in [-0.4, -0.2) is 15.4 Å². The van der Waals surface area contributed by atoms with Gasteiger partial charge in [0.15, 0.2) is 5.15 Å². The molecule has 3 rings (SSSR count). The van der Waals surface area contributed by atoms with E-state index in [1.807, 2.05) is 12.1 Å². The van der Waals surface area contributed by atoms with Crippen molar-refractivity contribution in [3.05, 3.63) is 78.1 Å². The third-order valence-electron chi connectivity index (χ3n) is 2.35. The number of aromatic nitrogens is 3. The number of halogens is 1. The van der Waals surface area contributed by atoms with Crippen molar-refractivity contribution in [1.29, 1.82) is 0 Å². The number of hydrogen-bond acceptors (Lipinski definition) is 3. The Morgan fingerprint density at radius 2 is 1.21 bits per heavy atom. The summed E-state index contributed by atoms with van der Waals surface area (Å²) in [6, 6.07) is 22.3. The van der Waals surface area contributed by atoms with Gasteiger partial charge in [-0.25, -0.2) is 0 Å². The summed E-state index contributed by atoms with van der Waals surface area (Å²) in [5.74, 6) is 0. The number of rotatable bonds is 1. The van der Waals surface area contributed by atoms with Crippen molar-refractivity contribution in [3.63, 3.8) is 0 Å². The molecular weight excluding hydrogens is 258 g/mol. The van der Waals surface area contributed by atoms with Crippen LogP contribution in [0.2, 0.25) is 5.15 Å². The summed E-state index contributed by atoms with van der Waals surface area (Å²) in [6.07, 6.45) is 1.48. The van der Waals surface area contributed by atoms with E-state index in [2.05, 4.69) is 63.9 Å². The molecule has 4 heteroatoms. The van der Waals surface area contributed by atoms with E-state index < -0.39 is 0 Å². The lowest BCUT2D eigenvalue weighted by atomic mass is 10.1. The summed E-state index contributed by atoms with van der Waals surface area (Å²) in [7, 11) is 0. The summed E-state index contributed by atoms with van der Waals surface area (Å²) < 4.78 is 0. The molecule has 2 aromatic carbocycles. The first kappa shape index (κ1) is 13.2. The first-order valence-corrected chi connectivity index (χ1v) is 6.14. The molecular formula is C15H12ClN3. The Morgan fingerprint density at radius 1 is 0.684 bits per heavy atom. The largest absolute Gasteiger partial charge is 0.155 e. The van der Waals surface area contributed by atoms with Crippen LogP contribution in [0.15, 0.2) is 72.9 Å². The van der Waals surface area contributed by atoms with Gasteiger partial charge < -0.3 is 0 Å². The van der Waals surface area contributed by atoms with Crippen molar-refractivity contribution in [2.24, 2.45) is 0 Å². The van der Waals surface area contributed by atoms with Crippen LogP contribution >= 0.6 is 11.6 Å². The molecule has 0 unspecified atom stereocenters. The molecule has 3 nitrogen and oxygen atoms in total. The van der Waals surface area contributed by atoms with Gasteiger partial charge >= 0.3 is 0 Å².